The van der Waals surface area contributed by atoms with Gasteiger partial charge in [-0.3, -0.25) is 0 Å². The molecule has 106 valence electrons. The van der Waals surface area contributed by atoms with E-state index in [0.29, 0.717) is 0 Å². The van der Waals surface area contributed by atoms with Crippen LogP contribution in [0.2, 0.25) is 0 Å². The molecule has 0 aromatic heterocycles. The Bertz CT molecular complexity index is 916. The average Bonchev–Trinajstić information content (AvgIpc) is 2.59. The summed E-state index contributed by atoms with van der Waals surface area (Å²) in [5.41, 5.74) is 2.38. The van der Waals surface area contributed by atoms with Crippen LogP contribution in [-0.4, -0.2) is 7.11 Å². The lowest BCUT2D eigenvalue weighted by atomic mass is 9.91. The topological polar surface area (TPSA) is 9.23 Å². The van der Waals surface area contributed by atoms with Crippen molar-refractivity contribution in [3.8, 4) is 16.9 Å². The van der Waals surface area contributed by atoms with Crippen molar-refractivity contribution in [3.05, 3.63) is 78.9 Å². The maximum Gasteiger partial charge on any atom is 0.126 e. The summed E-state index contributed by atoms with van der Waals surface area (Å²) in [7, 11) is 1.73. The molecule has 0 amide bonds. The lowest BCUT2D eigenvalue weighted by Crippen LogP contribution is -1.90. The van der Waals surface area contributed by atoms with Gasteiger partial charge < -0.3 is 4.74 Å². The summed E-state index contributed by atoms with van der Waals surface area (Å²) in [6.45, 7) is 0. The van der Waals surface area contributed by atoms with Crippen molar-refractivity contribution in [2.45, 2.75) is 0 Å². The van der Waals surface area contributed by atoms with Crippen LogP contribution in [0.5, 0.6) is 5.75 Å². The van der Waals surface area contributed by atoms with E-state index >= 15 is 0 Å². The summed E-state index contributed by atoms with van der Waals surface area (Å²) in [6, 6.07) is 27.5. The van der Waals surface area contributed by atoms with Crippen LogP contribution in [0.25, 0.3) is 32.7 Å². The van der Waals surface area contributed by atoms with Gasteiger partial charge >= 0.3 is 0 Å². The second kappa shape index (κ2) is 5.19. The predicted molar refractivity (Wildman–Crippen MR) is 93.4 cm³/mol. The third-order valence-electron chi connectivity index (χ3n) is 4.15. The Kier molecular flexibility index (Phi) is 3.05. The molecule has 0 N–H and O–H groups in total. The van der Waals surface area contributed by atoms with Gasteiger partial charge in [0.2, 0.25) is 0 Å². The lowest BCUT2D eigenvalue weighted by molar-refractivity contribution is 0.416. The standard InChI is InChI=1S/C21H16O/c1-22-20-13-7-6-12-19(20)21-17-10-4-2-8-15(17)14-16-9-3-5-11-18(16)21/h2-14H,1H3. The van der Waals surface area contributed by atoms with Crippen LogP contribution >= 0.6 is 0 Å². The minimum absolute atomic E-state index is 0.906. The molecule has 0 radical (unpaired) electrons. The van der Waals surface area contributed by atoms with E-state index in [9.17, 15) is 0 Å². The van der Waals surface area contributed by atoms with E-state index in [1.807, 2.05) is 12.1 Å². The molecule has 4 aromatic carbocycles. The van der Waals surface area contributed by atoms with E-state index in [4.69, 9.17) is 4.74 Å². The van der Waals surface area contributed by atoms with Gasteiger partial charge in [-0.25, -0.2) is 0 Å². The van der Waals surface area contributed by atoms with Gasteiger partial charge in [0.15, 0.2) is 0 Å². The smallest absolute Gasteiger partial charge is 0.126 e. The van der Waals surface area contributed by atoms with Gasteiger partial charge in [-0.05, 0) is 33.7 Å². The third kappa shape index (κ3) is 1.94. The number of rotatable bonds is 2. The third-order valence-corrected chi connectivity index (χ3v) is 4.15. The minimum atomic E-state index is 0.906. The first-order valence-electron chi connectivity index (χ1n) is 7.42. The van der Waals surface area contributed by atoms with Crippen LogP contribution in [-0.2, 0) is 0 Å². The highest BCUT2D eigenvalue weighted by molar-refractivity contribution is 6.13. The Hall–Kier alpha value is -2.80. The molecule has 0 spiro atoms. The molecule has 0 fully saturated rings. The maximum absolute atomic E-state index is 5.60. The first kappa shape index (κ1) is 12.9. The lowest BCUT2D eigenvalue weighted by Gasteiger charge is -2.14. The molecular formula is C21H16O. The highest BCUT2D eigenvalue weighted by Crippen LogP contribution is 2.40. The summed E-state index contributed by atoms with van der Waals surface area (Å²) in [5, 5.41) is 5.01. The fraction of sp³-hybridized carbons (Fsp3) is 0.0476. The molecule has 0 unspecified atom stereocenters. The number of ether oxygens (including phenoxy) is 1. The van der Waals surface area contributed by atoms with Crippen molar-refractivity contribution in [1.82, 2.24) is 0 Å². The Morgan fingerprint density at radius 1 is 0.636 bits per heavy atom. The second-order valence-electron chi connectivity index (χ2n) is 5.39. The predicted octanol–water partition coefficient (Wildman–Crippen LogP) is 5.67. The molecule has 0 heterocycles. The molecule has 0 aliphatic carbocycles. The molecule has 0 aliphatic heterocycles. The largest absolute Gasteiger partial charge is 0.496 e. The molecule has 0 saturated heterocycles. The van der Waals surface area contributed by atoms with Crippen LogP contribution in [0.1, 0.15) is 0 Å². The summed E-state index contributed by atoms with van der Waals surface area (Å²) in [5.74, 6) is 0.906. The van der Waals surface area contributed by atoms with Crippen molar-refractivity contribution in [1.29, 1.82) is 0 Å². The number of benzene rings is 4. The highest BCUT2D eigenvalue weighted by Gasteiger charge is 2.12. The average molecular weight is 284 g/mol. The molecule has 4 rings (SSSR count). The number of hydrogen-bond donors (Lipinski definition) is 0. The summed E-state index contributed by atoms with van der Waals surface area (Å²) in [6.07, 6.45) is 0. The number of methoxy groups -OCH3 is 1. The first-order chi connectivity index (χ1) is 10.9. The van der Waals surface area contributed by atoms with Crippen LogP contribution in [0.15, 0.2) is 78.9 Å². The second-order valence-corrected chi connectivity index (χ2v) is 5.39. The van der Waals surface area contributed by atoms with Crippen LogP contribution in [0.3, 0.4) is 0 Å². The van der Waals surface area contributed by atoms with Crippen molar-refractivity contribution in [2.75, 3.05) is 7.11 Å². The zero-order chi connectivity index (χ0) is 14.9. The van der Waals surface area contributed by atoms with Crippen LogP contribution < -0.4 is 4.74 Å². The Balaban J connectivity index is 2.22. The minimum Gasteiger partial charge on any atom is -0.496 e. The molecule has 0 saturated carbocycles. The summed E-state index contributed by atoms with van der Waals surface area (Å²) in [4.78, 5) is 0. The van der Waals surface area contributed by atoms with E-state index in [0.717, 1.165) is 11.3 Å². The highest BCUT2D eigenvalue weighted by atomic mass is 16.5. The zero-order valence-electron chi connectivity index (χ0n) is 12.4. The normalized spacial score (nSPS) is 11.0. The van der Waals surface area contributed by atoms with Crippen molar-refractivity contribution >= 4 is 21.5 Å². The number of hydrogen-bond acceptors (Lipinski definition) is 1. The van der Waals surface area contributed by atoms with Crippen LogP contribution in [0.4, 0.5) is 0 Å². The quantitative estimate of drug-likeness (QED) is 0.431. The monoisotopic (exact) mass is 284 g/mol. The molecule has 0 bridgehead atoms. The maximum atomic E-state index is 5.60. The summed E-state index contributed by atoms with van der Waals surface area (Å²) >= 11 is 0. The van der Waals surface area contributed by atoms with E-state index in [1.54, 1.807) is 7.11 Å². The molecule has 1 heteroatoms. The Morgan fingerprint density at radius 3 is 1.82 bits per heavy atom. The first-order valence-corrected chi connectivity index (χ1v) is 7.42. The number of fused-ring (bicyclic) bond motifs is 2. The van der Waals surface area contributed by atoms with Gasteiger partial charge in [0.25, 0.3) is 0 Å². The van der Waals surface area contributed by atoms with E-state index in [2.05, 4.69) is 66.7 Å². The van der Waals surface area contributed by atoms with Gasteiger partial charge in [0, 0.05) is 11.1 Å². The van der Waals surface area contributed by atoms with Gasteiger partial charge in [0.05, 0.1) is 7.11 Å². The molecule has 1 nitrogen and oxygen atoms in total. The van der Waals surface area contributed by atoms with Gasteiger partial charge in [-0.1, -0.05) is 66.7 Å². The van der Waals surface area contributed by atoms with Crippen molar-refractivity contribution in [2.24, 2.45) is 0 Å². The fourth-order valence-electron chi connectivity index (χ4n) is 3.16. The fourth-order valence-corrected chi connectivity index (χ4v) is 3.16. The van der Waals surface area contributed by atoms with Crippen molar-refractivity contribution in [3.63, 3.8) is 0 Å². The van der Waals surface area contributed by atoms with Gasteiger partial charge in [0.1, 0.15) is 5.75 Å². The van der Waals surface area contributed by atoms with Crippen molar-refractivity contribution < 1.29 is 4.74 Å². The molecule has 0 atom stereocenters. The Morgan fingerprint density at radius 2 is 1.18 bits per heavy atom. The number of para-hydroxylation sites is 1. The molecule has 0 aliphatic rings. The van der Waals surface area contributed by atoms with E-state index < -0.39 is 0 Å². The summed E-state index contributed by atoms with van der Waals surface area (Å²) < 4.78 is 5.60. The van der Waals surface area contributed by atoms with Crippen LogP contribution in [0, 0.1) is 0 Å². The van der Waals surface area contributed by atoms with Gasteiger partial charge in [-0.15, -0.1) is 0 Å². The SMILES string of the molecule is COc1ccccc1-c1c2ccccc2cc2ccccc12. The molecular weight excluding hydrogens is 268 g/mol. The van der Waals surface area contributed by atoms with Gasteiger partial charge in [-0.2, -0.15) is 0 Å². The zero-order valence-corrected chi connectivity index (χ0v) is 12.4. The van der Waals surface area contributed by atoms with E-state index in [1.165, 1.54) is 27.1 Å². The molecule has 4 aromatic rings. The molecule has 22 heavy (non-hydrogen) atoms. The van der Waals surface area contributed by atoms with E-state index in [-0.39, 0.29) is 0 Å². The Labute approximate surface area is 129 Å².